The molecule has 12 heteroatoms. The number of nitrogens with two attached hydrogens (primary N) is 1. The van der Waals surface area contributed by atoms with Crippen LogP contribution in [0.15, 0.2) is 36.9 Å². The molecule has 0 radical (unpaired) electrons. The third-order valence-corrected chi connectivity index (χ3v) is 7.19. The molecule has 1 aliphatic carbocycles. The van der Waals surface area contributed by atoms with Gasteiger partial charge in [0.25, 0.3) is 0 Å². The van der Waals surface area contributed by atoms with E-state index < -0.39 is 12.7 Å². The maximum Gasteiger partial charge on any atom is 0.345 e. The van der Waals surface area contributed by atoms with Gasteiger partial charge in [-0.2, -0.15) is 8.78 Å². The number of nitrogens with one attached hydrogen (secondary N) is 1. The Morgan fingerprint density at radius 1 is 1.00 bits per heavy atom. The molecule has 1 saturated carbocycles. The molecule has 6 rings (SSSR count). The average molecular weight is 523 g/mol. The van der Waals surface area contributed by atoms with Crippen molar-refractivity contribution in [2.45, 2.75) is 44.4 Å². The molecule has 0 atom stereocenters. The Balaban J connectivity index is 1.30. The van der Waals surface area contributed by atoms with E-state index in [0.717, 1.165) is 40.9 Å². The Hall–Kier alpha value is -3.77. The summed E-state index contributed by atoms with van der Waals surface area (Å²) < 4.78 is 35.2. The highest BCUT2D eigenvalue weighted by Crippen LogP contribution is 2.33. The molecule has 2 aliphatic rings. The Bertz CT molecular complexity index is 1440. The third-order valence-electron chi connectivity index (χ3n) is 7.19. The second-order valence-corrected chi connectivity index (χ2v) is 9.56. The zero-order chi connectivity index (χ0) is 26.1. The van der Waals surface area contributed by atoms with Crippen molar-refractivity contribution < 1.29 is 18.3 Å². The fourth-order valence-electron chi connectivity index (χ4n) is 5.23. The molecule has 0 amide bonds. The summed E-state index contributed by atoms with van der Waals surface area (Å²) in [6.07, 6.45) is 7.06. The molecule has 0 unspecified atom stereocenters. The largest absolute Gasteiger partial charge is 0.383 e. The number of morpholine rings is 1. The lowest BCUT2D eigenvalue weighted by Gasteiger charge is -2.28. The number of halogens is 2. The third kappa shape index (κ3) is 5.01. The van der Waals surface area contributed by atoms with Gasteiger partial charge in [0.2, 0.25) is 5.95 Å². The Kier molecular flexibility index (Phi) is 6.81. The first-order chi connectivity index (χ1) is 18.5. The number of hydrogen-bond donors (Lipinski definition) is 2. The number of fused-ring (bicyclic) bond motifs is 2. The van der Waals surface area contributed by atoms with Crippen molar-refractivity contribution in [2.24, 2.45) is 0 Å². The minimum Gasteiger partial charge on any atom is -0.383 e. The van der Waals surface area contributed by atoms with Crippen molar-refractivity contribution in [3.05, 3.63) is 36.9 Å². The molecule has 3 N–H and O–H groups in total. The smallest absolute Gasteiger partial charge is 0.345 e. The van der Waals surface area contributed by atoms with E-state index in [-0.39, 0.29) is 6.04 Å². The molecular weight excluding hydrogens is 494 g/mol. The fraction of sp³-hybridized carbons (Fsp3) is 0.423. The molecule has 38 heavy (non-hydrogen) atoms. The van der Waals surface area contributed by atoms with Gasteiger partial charge in [-0.25, -0.2) is 24.9 Å². The number of ether oxygens (including phenoxy) is 2. The molecule has 4 heterocycles. The van der Waals surface area contributed by atoms with Crippen molar-refractivity contribution in [3.63, 3.8) is 0 Å². The van der Waals surface area contributed by atoms with Gasteiger partial charge in [-0.1, -0.05) is 6.07 Å². The molecule has 4 aromatic rings. The van der Waals surface area contributed by atoms with E-state index in [4.69, 9.17) is 15.5 Å². The summed E-state index contributed by atoms with van der Waals surface area (Å²) in [4.78, 5) is 24.9. The molecule has 198 valence electrons. The normalized spacial score (nSPS) is 20.3. The lowest BCUT2D eigenvalue weighted by Crippen LogP contribution is -2.36. The van der Waals surface area contributed by atoms with Gasteiger partial charge in [0.05, 0.1) is 35.7 Å². The highest BCUT2D eigenvalue weighted by Gasteiger charge is 2.25. The van der Waals surface area contributed by atoms with E-state index in [2.05, 4.69) is 34.9 Å². The van der Waals surface area contributed by atoms with Gasteiger partial charge in [-0.05, 0) is 43.4 Å². The Labute approximate surface area is 217 Å². The van der Waals surface area contributed by atoms with Crippen molar-refractivity contribution >= 4 is 39.4 Å². The predicted octanol–water partition coefficient (Wildman–Crippen LogP) is 4.02. The van der Waals surface area contributed by atoms with Crippen molar-refractivity contribution in [1.29, 1.82) is 0 Å². The summed E-state index contributed by atoms with van der Waals surface area (Å²) in [5.41, 5.74) is 9.36. The molecule has 10 nitrogen and oxygen atoms in total. The number of hydrogen-bond acceptors (Lipinski definition) is 10. The van der Waals surface area contributed by atoms with Gasteiger partial charge in [-0.3, -0.25) is 0 Å². The second-order valence-electron chi connectivity index (χ2n) is 9.56. The van der Waals surface area contributed by atoms with Crippen LogP contribution in [0.5, 0.6) is 0 Å². The number of anilines is 3. The maximum absolute atomic E-state index is 12.5. The summed E-state index contributed by atoms with van der Waals surface area (Å²) in [6.45, 7) is 0.182. The number of nitrogens with zero attached hydrogens (tertiary/aromatic N) is 6. The Morgan fingerprint density at radius 2 is 1.82 bits per heavy atom. The van der Waals surface area contributed by atoms with Crippen molar-refractivity contribution in [2.75, 3.05) is 42.3 Å². The lowest BCUT2D eigenvalue weighted by molar-refractivity contribution is -0.169. The molecule has 0 spiro atoms. The van der Waals surface area contributed by atoms with Crippen LogP contribution < -0.4 is 16.0 Å². The van der Waals surface area contributed by atoms with Gasteiger partial charge < -0.3 is 25.4 Å². The Morgan fingerprint density at radius 3 is 2.61 bits per heavy atom. The predicted molar refractivity (Wildman–Crippen MR) is 140 cm³/mol. The molecule has 1 saturated heterocycles. The van der Waals surface area contributed by atoms with Gasteiger partial charge in [0, 0.05) is 42.5 Å². The summed E-state index contributed by atoms with van der Waals surface area (Å²) in [7, 11) is 0. The summed E-state index contributed by atoms with van der Waals surface area (Å²) in [5.74, 6) is 1.70. The molecule has 1 aliphatic heterocycles. The van der Waals surface area contributed by atoms with Crippen molar-refractivity contribution in [3.8, 4) is 11.1 Å². The van der Waals surface area contributed by atoms with E-state index >= 15 is 0 Å². The van der Waals surface area contributed by atoms with E-state index in [1.54, 1.807) is 18.7 Å². The summed E-state index contributed by atoms with van der Waals surface area (Å²) >= 11 is 0. The van der Waals surface area contributed by atoms with Crippen molar-refractivity contribution in [1.82, 2.24) is 24.9 Å². The van der Waals surface area contributed by atoms with Gasteiger partial charge >= 0.3 is 6.61 Å². The quantitative estimate of drug-likeness (QED) is 0.384. The maximum atomic E-state index is 12.5. The molecule has 0 bridgehead atoms. The van der Waals surface area contributed by atoms with Gasteiger partial charge in [0.15, 0.2) is 0 Å². The number of aromatic nitrogens is 5. The van der Waals surface area contributed by atoms with Crippen LogP contribution in [0.4, 0.5) is 26.4 Å². The van der Waals surface area contributed by atoms with Crippen LogP contribution >= 0.6 is 0 Å². The fourth-order valence-corrected chi connectivity index (χ4v) is 5.23. The van der Waals surface area contributed by atoms with E-state index in [9.17, 15) is 8.78 Å². The monoisotopic (exact) mass is 522 g/mol. The van der Waals surface area contributed by atoms with Crippen LogP contribution in [0.3, 0.4) is 0 Å². The number of nitrogen functional groups attached to an aromatic ring is 1. The van der Waals surface area contributed by atoms with Crippen LogP contribution in [0.1, 0.15) is 25.7 Å². The van der Waals surface area contributed by atoms with Gasteiger partial charge in [0.1, 0.15) is 18.0 Å². The zero-order valence-corrected chi connectivity index (χ0v) is 20.7. The minimum absolute atomic E-state index is 0.0728. The number of benzene rings is 1. The van der Waals surface area contributed by atoms with Crippen LogP contribution in [0.2, 0.25) is 0 Å². The van der Waals surface area contributed by atoms with Gasteiger partial charge in [-0.15, -0.1) is 0 Å². The highest BCUT2D eigenvalue weighted by atomic mass is 19.3. The number of rotatable bonds is 6. The summed E-state index contributed by atoms with van der Waals surface area (Å²) in [6, 6.07) is 6.12. The first-order valence-corrected chi connectivity index (χ1v) is 12.7. The standard InChI is InChI=1S/C26H28F2N8O2/c27-25(28)38-17-4-2-16(3-5-17)34-26-31-13-20-22(35-26)19(12-30-23(20)29)15-1-6-18-21(11-15)32-14-33-24(18)36-7-9-37-10-8-36/h1,6,11-14,16-17,25H,2-5,7-10H2,(H2,29,30)(H,31,34,35). The lowest BCUT2D eigenvalue weighted by atomic mass is 9.93. The highest BCUT2D eigenvalue weighted by molar-refractivity contribution is 6.01. The van der Waals surface area contributed by atoms with Crippen LogP contribution in [-0.4, -0.2) is 70.0 Å². The SMILES string of the molecule is Nc1ncc(-c2ccc3c(N4CCOCC4)ncnc3c2)c2nc(NC3CCC(OC(F)F)CC3)ncc12. The molecule has 3 aromatic heterocycles. The van der Waals surface area contributed by atoms with Crippen LogP contribution in [0.25, 0.3) is 32.9 Å². The first-order valence-electron chi connectivity index (χ1n) is 12.7. The number of pyridine rings is 1. The average Bonchev–Trinajstić information content (AvgIpc) is 2.94. The molecule has 1 aromatic carbocycles. The minimum atomic E-state index is -2.74. The number of alkyl halides is 2. The van der Waals surface area contributed by atoms with Crippen LogP contribution in [0, 0.1) is 0 Å². The summed E-state index contributed by atoms with van der Waals surface area (Å²) in [5, 5.41) is 4.97. The molecule has 2 fully saturated rings. The molecular formula is C26H28F2N8O2. The second kappa shape index (κ2) is 10.5. The van der Waals surface area contributed by atoms with E-state index in [1.165, 1.54) is 0 Å². The van der Waals surface area contributed by atoms with Crippen LogP contribution in [-0.2, 0) is 9.47 Å². The van der Waals surface area contributed by atoms with E-state index in [1.807, 2.05) is 18.2 Å². The first kappa shape index (κ1) is 24.6. The topological polar surface area (TPSA) is 124 Å². The van der Waals surface area contributed by atoms with E-state index in [0.29, 0.717) is 61.6 Å². The zero-order valence-electron chi connectivity index (χ0n) is 20.7.